The Balaban J connectivity index is 1.86. The summed E-state index contributed by atoms with van der Waals surface area (Å²) < 4.78 is 6.90. The van der Waals surface area contributed by atoms with E-state index in [1.807, 2.05) is 28.8 Å². The van der Waals surface area contributed by atoms with Gasteiger partial charge in [0.05, 0.1) is 11.5 Å². The lowest BCUT2D eigenvalue weighted by molar-refractivity contribution is -0.384. The minimum Gasteiger partial charge on any atom is -0.466 e. The summed E-state index contributed by atoms with van der Waals surface area (Å²) >= 11 is 0. The van der Waals surface area contributed by atoms with E-state index in [0.29, 0.717) is 37.1 Å². The van der Waals surface area contributed by atoms with Crippen LogP contribution in [-0.2, 0) is 16.1 Å². The van der Waals surface area contributed by atoms with E-state index in [2.05, 4.69) is 0 Å². The van der Waals surface area contributed by atoms with Crippen molar-refractivity contribution < 1.29 is 19.2 Å². The third kappa shape index (κ3) is 4.09. The third-order valence-corrected chi connectivity index (χ3v) is 4.46. The molecule has 0 aliphatic carbocycles. The van der Waals surface area contributed by atoms with Crippen LogP contribution in [-0.4, -0.2) is 27.8 Å². The first-order chi connectivity index (χ1) is 13.5. The second-order valence-corrected chi connectivity index (χ2v) is 6.30. The lowest BCUT2D eigenvalue weighted by Gasteiger charge is -2.05. The van der Waals surface area contributed by atoms with Crippen molar-refractivity contribution in [2.24, 2.45) is 0 Å². The molecule has 3 rings (SSSR count). The van der Waals surface area contributed by atoms with E-state index in [1.165, 1.54) is 24.3 Å². The van der Waals surface area contributed by atoms with Crippen molar-refractivity contribution in [2.45, 2.75) is 26.3 Å². The van der Waals surface area contributed by atoms with Gasteiger partial charge in [-0.25, -0.2) is 0 Å². The molecule has 1 heterocycles. The average molecular weight is 380 g/mol. The number of hydrogen-bond donors (Lipinski definition) is 0. The summed E-state index contributed by atoms with van der Waals surface area (Å²) in [7, 11) is 0. The molecule has 144 valence electrons. The van der Waals surface area contributed by atoms with Gasteiger partial charge in [0.2, 0.25) is 0 Å². The highest BCUT2D eigenvalue weighted by Gasteiger charge is 2.17. The number of carbonyl (C=O) groups is 2. The largest absolute Gasteiger partial charge is 0.466 e. The maximum Gasteiger partial charge on any atom is 0.305 e. The number of benzene rings is 2. The smallest absolute Gasteiger partial charge is 0.305 e. The molecule has 0 bridgehead atoms. The molecule has 0 fully saturated rings. The van der Waals surface area contributed by atoms with Gasteiger partial charge < -0.3 is 9.30 Å². The number of non-ortho nitro benzene ring substituents is 1. The number of ether oxygens (including phenoxy) is 1. The quantitative estimate of drug-likeness (QED) is 0.254. The molecular weight excluding hydrogens is 360 g/mol. The minimum atomic E-state index is -0.496. The van der Waals surface area contributed by atoms with Gasteiger partial charge in [-0.2, -0.15) is 0 Å². The van der Waals surface area contributed by atoms with Crippen LogP contribution in [0.4, 0.5) is 5.69 Å². The van der Waals surface area contributed by atoms with Gasteiger partial charge in [-0.05, 0) is 31.5 Å². The fraction of sp³-hybridized carbons (Fsp3) is 0.238. The number of ketones is 1. The number of nitro groups is 1. The van der Waals surface area contributed by atoms with Gasteiger partial charge in [-0.15, -0.1) is 0 Å². The van der Waals surface area contributed by atoms with Crippen molar-refractivity contribution in [3.05, 3.63) is 76.0 Å². The predicted octanol–water partition coefficient (Wildman–Crippen LogP) is 4.12. The predicted molar refractivity (Wildman–Crippen MR) is 104 cm³/mol. The number of nitro benzene ring substituents is 1. The monoisotopic (exact) mass is 380 g/mol. The summed E-state index contributed by atoms with van der Waals surface area (Å²) in [6.07, 6.45) is 2.69. The van der Waals surface area contributed by atoms with Gasteiger partial charge in [0, 0.05) is 53.3 Å². The Bertz CT molecular complexity index is 1020. The summed E-state index contributed by atoms with van der Waals surface area (Å²) in [5, 5.41) is 11.6. The summed E-state index contributed by atoms with van der Waals surface area (Å²) in [6, 6.07) is 13.1. The van der Waals surface area contributed by atoms with Crippen molar-refractivity contribution in [2.75, 3.05) is 6.61 Å². The summed E-state index contributed by atoms with van der Waals surface area (Å²) in [6.45, 7) is 2.71. The second-order valence-electron chi connectivity index (χ2n) is 6.30. The second kappa shape index (κ2) is 8.47. The maximum absolute atomic E-state index is 13.0. The molecule has 1 aromatic heterocycles. The normalized spacial score (nSPS) is 10.8. The van der Waals surface area contributed by atoms with Crippen molar-refractivity contribution in [1.82, 2.24) is 4.57 Å². The number of fused-ring (bicyclic) bond motifs is 1. The van der Waals surface area contributed by atoms with E-state index in [4.69, 9.17) is 4.74 Å². The van der Waals surface area contributed by atoms with Crippen LogP contribution < -0.4 is 0 Å². The fourth-order valence-electron chi connectivity index (χ4n) is 3.13. The molecule has 0 radical (unpaired) electrons. The van der Waals surface area contributed by atoms with E-state index < -0.39 is 4.92 Å². The number of aromatic nitrogens is 1. The Morgan fingerprint density at radius 2 is 1.82 bits per heavy atom. The standard InChI is InChI=1S/C21H20N2O5/c1-2-28-20(24)8-5-13-22-14-18(17-6-3-4-7-19(17)22)21(25)15-9-11-16(12-10-15)23(26)27/h3-4,6-7,9-12,14H,2,5,8,13H2,1H3. The molecule has 0 N–H and O–H groups in total. The van der Waals surface area contributed by atoms with Crippen LogP contribution in [0.1, 0.15) is 35.7 Å². The molecule has 0 aliphatic rings. The first-order valence-corrected chi connectivity index (χ1v) is 9.04. The third-order valence-electron chi connectivity index (χ3n) is 4.46. The molecular formula is C21H20N2O5. The van der Waals surface area contributed by atoms with E-state index >= 15 is 0 Å². The van der Waals surface area contributed by atoms with Crippen LogP contribution in [0.25, 0.3) is 10.9 Å². The summed E-state index contributed by atoms with van der Waals surface area (Å²) in [4.78, 5) is 34.8. The van der Waals surface area contributed by atoms with Crippen LogP contribution in [0.5, 0.6) is 0 Å². The number of nitrogens with zero attached hydrogens (tertiary/aromatic N) is 2. The molecule has 0 unspecified atom stereocenters. The number of carbonyl (C=O) groups excluding carboxylic acids is 2. The molecule has 2 aromatic carbocycles. The Hall–Kier alpha value is -3.48. The van der Waals surface area contributed by atoms with E-state index in [0.717, 1.165) is 10.9 Å². The van der Waals surface area contributed by atoms with Crippen molar-refractivity contribution >= 4 is 28.3 Å². The lowest BCUT2D eigenvalue weighted by atomic mass is 10.0. The average Bonchev–Trinajstić information content (AvgIpc) is 3.06. The van der Waals surface area contributed by atoms with Crippen LogP contribution in [0.15, 0.2) is 54.7 Å². The van der Waals surface area contributed by atoms with Gasteiger partial charge in [0.15, 0.2) is 5.78 Å². The molecule has 0 spiro atoms. The zero-order valence-electron chi connectivity index (χ0n) is 15.5. The van der Waals surface area contributed by atoms with Crippen LogP contribution in [0.3, 0.4) is 0 Å². The van der Waals surface area contributed by atoms with Crippen molar-refractivity contribution in [1.29, 1.82) is 0 Å². The number of aryl methyl sites for hydroxylation is 1. The van der Waals surface area contributed by atoms with Crippen LogP contribution >= 0.6 is 0 Å². The molecule has 28 heavy (non-hydrogen) atoms. The highest BCUT2D eigenvalue weighted by molar-refractivity contribution is 6.16. The van der Waals surface area contributed by atoms with Crippen LogP contribution in [0, 0.1) is 10.1 Å². The zero-order valence-corrected chi connectivity index (χ0v) is 15.5. The maximum atomic E-state index is 13.0. The first kappa shape index (κ1) is 19.3. The summed E-state index contributed by atoms with van der Waals surface area (Å²) in [5.74, 6) is -0.434. The molecule has 3 aromatic rings. The van der Waals surface area contributed by atoms with Gasteiger partial charge in [0.25, 0.3) is 5.69 Å². The Morgan fingerprint density at radius 3 is 2.50 bits per heavy atom. The number of para-hydroxylation sites is 1. The van der Waals surface area contributed by atoms with Gasteiger partial charge >= 0.3 is 5.97 Å². The molecule has 0 saturated carbocycles. The van der Waals surface area contributed by atoms with Gasteiger partial charge in [-0.3, -0.25) is 19.7 Å². The molecule has 0 aliphatic heterocycles. The highest BCUT2D eigenvalue weighted by Crippen LogP contribution is 2.25. The molecule has 0 saturated heterocycles. The number of rotatable bonds is 8. The molecule has 0 amide bonds. The number of esters is 1. The summed E-state index contributed by atoms with van der Waals surface area (Å²) in [5.41, 5.74) is 1.76. The lowest BCUT2D eigenvalue weighted by Crippen LogP contribution is -2.06. The molecule has 7 nitrogen and oxygen atoms in total. The van der Waals surface area contributed by atoms with Gasteiger partial charge in [-0.1, -0.05) is 18.2 Å². The van der Waals surface area contributed by atoms with Crippen molar-refractivity contribution in [3.63, 3.8) is 0 Å². The molecule has 7 heteroatoms. The van der Waals surface area contributed by atoms with E-state index in [9.17, 15) is 19.7 Å². The fourth-order valence-corrected chi connectivity index (χ4v) is 3.13. The SMILES string of the molecule is CCOC(=O)CCCn1cc(C(=O)c2ccc([N+](=O)[O-])cc2)c2ccccc21. The van der Waals surface area contributed by atoms with Crippen molar-refractivity contribution in [3.8, 4) is 0 Å². The Kier molecular flexibility index (Phi) is 5.84. The topological polar surface area (TPSA) is 91.4 Å². The Morgan fingerprint density at radius 1 is 1.11 bits per heavy atom. The van der Waals surface area contributed by atoms with Crippen LogP contribution in [0.2, 0.25) is 0 Å². The first-order valence-electron chi connectivity index (χ1n) is 9.04. The minimum absolute atomic E-state index is 0.0575. The number of hydrogen-bond acceptors (Lipinski definition) is 5. The van der Waals surface area contributed by atoms with Gasteiger partial charge in [0.1, 0.15) is 0 Å². The molecule has 0 atom stereocenters. The van der Waals surface area contributed by atoms with E-state index in [-0.39, 0.29) is 17.4 Å². The zero-order chi connectivity index (χ0) is 20.1. The van der Waals surface area contributed by atoms with E-state index in [1.54, 1.807) is 13.1 Å². The highest BCUT2D eigenvalue weighted by atomic mass is 16.6. The Labute approximate surface area is 161 Å².